The van der Waals surface area contributed by atoms with Crippen molar-refractivity contribution in [3.05, 3.63) is 34.8 Å². The van der Waals surface area contributed by atoms with Crippen molar-refractivity contribution in [1.82, 2.24) is 25.0 Å². The van der Waals surface area contributed by atoms with E-state index >= 15 is 0 Å². The molecule has 3 aromatic rings. The molecule has 6 nitrogen and oxygen atoms in total. The zero-order valence-electron chi connectivity index (χ0n) is 16.2. The summed E-state index contributed by atoms with van der Waals surface area (Å²) >= 11 is 1.70. The molecule has 0 aliphatic carbocycles. The predicted molar refractivity (Wildman–Crippen MR) is 109 cm³/mol. The largest absolute Gasteiger partial charge is 0.336 e. The van der Waals surface area contributed by atoms with Crippen molar-refractivity contribution in [3.8, 4) is 10.6 Å². The van der Waals surface area contributed by atoms with Gasteiger partial charge in [0.1, 0.15) is 0 Å². The third-order valence-electron chi connectivity index (χ3n) is 4.94. The summed E-state index contributed by atoms with van der Waals surface area (Å²) in [5, 5.41) is 8.74. The maximum Gasteiger partial charge on any atom is 0.254 e. The number of pyridine rings is 1. The van der Waals surface area contributed by atoms with E-state index in [0.717, 1.165) is 34.7 Å². The molecule has 1 unspecified atom stereocenters. The third kappa shape index (κ3) is 3.37. The topological polar surface area (TPSA) is 63.1 Å². The molecule has 27 heavy (non-hydrogen) atoms. The minimum atomic E-state index is 0.0635. The van der Waals surface area contributed by atoms with Crippen LogP contribution in [0.25, 0.3) is 21.6 Å². The maximum absolute atomic E-state index is 13.4. The Morgan fingerprint density at radius 1 is 1.37 bits per heavy atom. The number of thiophene rings is 1. The van der Waals surface area contributed by atoms with E-state index in [0.29, 0.717) is 18.2 Å². The number of piperazine rings is 1. The first-order valence-corrected chi connectivity index (χ1v) is 10.2. The molecular formula is C20H25N5OS. The third-order valence-corrected chi connectivity index (χ3v) is 5.96. The van der Waals surface area contributed by atoms with Gasteiger partial charge >= 0.3 is 0 Å². The summed E-state index contributed by atoms with van der Waals surface area (Å²) in [6, 6.07) is 6.58. The van der Waals surface area contributed by atoms with Crippen LogP contribution in [-0.2, 0) is 0 Å². The van der Waals surface area contributed by atoms with Crippen LogP contribution in [0.2, 0.25) is 0 Å². The van der Waals surface area contributed by atoms with Gasteiger partial charge in [0.05, 0.1) is 27.7 Å². The number of aromatic nitrogens is 3. The van der Waals surface area contributed by atoms with Gasteiger partial charge in [-0.25, -0.2) is 9.67 Å². The van der Waals surface area contributed by atoms with Crippen molar-refractivity contribution >= 4 is 28.3 Å². The number of hydrogen-bond donors (Lipinski definition) is 1. The van der Waals surface area contributed by atoms with E-state index in [1.54, 1.807) is 17.5 Å². The van der Waals surface area contributed by atoms with Crippen molar-refractivity contribution in [1.29, 1.82) is 0 Å². The van der Waals surface area contributed by atoms with Gasteiger partial charge in [0, 0.05) is 36.6 Å². The zero-order chi connectivity index (χ0) is 19.1. The fraction of sp³-hybridized carbons (Fsp3) is 0.450. The Kier molecular flexibility index (Phi) is 4.74. The molecule has 142 valence electrons. The smallest absolute Gasteiger partial charge is 0.254 e. The second-order valence-electron chi connectivity index (χ2n) is 7.49. The molecule has 0 radical (unpaired) electrons. The van der Waals surface area contributed by atoms with Crippen LogP contribution < -0.4 is 5.32 Å². The van der Waals surface area contributed by atoms with Crippen molar-refractivity contribution < 1.29 is 4.79 Å². The van der Waals surface area contributed by atoms with Gasteiger partial charge in [-0.1, -0.05) is 0 Å². The maximum atomic E-state index is 13.4. The van der Waals surface area contributed by atoms with E-state index in [4.69, 9.17) is 4.98 Å². The Labute approximate surface area is 163 Å². The van der Waals surface area contributed by atoms with Crippen LogP contribution in [0.15, 0.2) is 24.4 Å². The number of carbonyl (C=O) groups is 1. The van der Waals surface area contributed by atoms with Crippen LogP contribution >= 0.6 is 11.3 Å². The summed E-state index contributed by atoms with van der Waals surface area (Å²) in [6.45, 7) is 10.6. The fourth-order valence-corrected chi connectivity index (χ4v) is 4.39. The van der Waals surface area contributed by atoms with E-state index < -0.39 is 0 Å². The predicted octanol–water partition coefficient (Wildman–Crippen LogP) is 3.48. The first-order valence-electron chi connectivity index (χ1n) is 9.41. The molecule has 1 saturated heterocycles. The first-order chi connectivity index (χ1) is 12.9. The van der Waals surface area contributed by atoms with E-state index in [2.05, 4.69) is 50.2 Å². The van der Waals surface area contributed by atoms with Crippen LogP contribution in [-0.4, -0.2) is 51.2 Å². The van der Waals surface area contributed by atoms with Gasteiger partial charge in [-0.3, -0.25) is 4.79 Å². The molecule has 0 spiro atoms. The molecule has 1 aliphatic heterocycles. The molecule has 0 saturated carbocycles. The van der Waals surface area contributed by atoms with Crippen molar-refractivity contribution in [2.45, 2.75) is 39.8 Å². The van der Waals surface area contributed by atoms with E-state index in [1.165, 1.54) is 4.88 Å². The second kappa shape index (κ2) is 7.05. The molecule has 0 bridgehead atoms. The summed E-state index contributed by atoms with van der Waals surface area (Å²) in [5.41, 5.74) is 2.32. The lowest BCUT2D eigenvalue weighted by atomic mass is 10.1. The van der Waals surface area contributed by atoms with Crippen molar-refractivity contribution in [2.75, 3.05) is 19.6 Å². The highest BCUT2D eigenvalue weighted by Crippen LogP contribution is 2.31. The number of hydrogen-bond acceptors (Lipinski definition) is 5. The first kappa shape index (κ1) is 18.1. The lowest BCUT2D eigenvalue weighted by Crippen LogP contribution is -2.51. The van der Waals surface area contributed by atoms with Crippen LogP contribution in [0.4, 0.5) is 0 Å². The molecule has 4 heterocycles. The van der Waals surface area contributed by atoms with Crippen molar-refractivity contribution in [3.63, 3.8) is 0 Å². The molecule has 0 aromatic carbocycles. The highest BCUT2D eigenvalue weighted by molar-refractivity contribution is 7.15. The zero-order valence-corrected chi connectivity index (χ0v) is 17.0. The Balaban J connectivity index is 1.86. The molecule has 1 atom stereocenters. The van der Waals surface area contributed by atoms with Crippen LogP contribution in [0, 0.1) is 6.92 Å². The van der Waals surface area contributed by atoms with Crippen LogP contribution in [0.3, 0.4) is 0 Å². The summed E-state index contributed by atoms with van der Waals surface area (Å²) in [4.78, 5) is 22.5. The lowest BCUT2D eigenvalue weighted by molar-refractivity contribution is 0.0711. The van der Waals surface area contributed by atoms with E-state index in [1.807, 2.05) is 15.6 Å². The monoisotopic (exact) mass is 383 g/mol. The van der Waals surface area contributed by atoms with Gasteiger partial charge in [0.2, 0.25) is 0 Å². The Hall–Kier alpha value is -2.25. The Morgan fingerprint density at radius 3 is 2.85 bits per heavy atom. The van der Waals surface area contributed by atoms with Gasteiger partial charge in [-0.2, -0.15) is 5.10 Å². The van der Waals surface area contributed by atoms with Gasteiger partial charge in [-0.15, -0.1) is 11.3 Å². The number of amides is 1. The average molecular weight is 384 g/mol. The quantitative estimate of drug-likeness (QED) is 0.752. The average Bonchev–Trinajstić information content (AvgIpc) is 3.26. The van der Waals surface area contributed by atoms with Gasteiger partial charge in [0.15, 0.2) is 5.65 Å². The molecule has 1 aliphatic rings. The van der Waals surface area contributed by atoms with E-state index in [9.17, 15) is 4.79 Å². The van der Waals surface area contributed by atoms with E-state index in [-0.39, 0.29) is 11.9 Å². The molecule has 3 aromatic heterocycles. The van der Waals surface area contributed by atoms with Crippen LogP contribution in [0.1, 0.15) is 42.0 Å². The summed E-state index contributed by atoms with van der Waals surface area (Å²) in [5.74, 6) is 0.0635. The molecular weight excluding hydrogens is 358 g/mol. The van der Waals surface area contributed by atoms with Crippen molar-refractivity contribution in [2.24, 2.45) is 0 Å². The minimum Gasteiger partial charge on any atom is -0.336 e. The van der Waals surface area contributed by atoms with Gasteiger partial charge in [0.25, 0.3) is 5.91 Å². The molecule has 1 amide bonds. The fourth-order valence-electron chi connectivity index (χ4n) is 3.56. The number of nitrogens with one attached hydrogen (secondary N) is 1. The normalized spacial score (nSPS) is 17.8. The molecule has 1 N–H and O–H groups in total. The standard InChI is InChI=1S/C20H25N5OS/c1-12(2)25-19-16(10-22-25)15(20(26)24-8-7-21-13(3)11-24)9-17(23-19)18-6-5-14(4)27-18/h5-6,9-10,12-13,21H,7-8,11H2,1-4H3. The minimum absolute atomic E-state index is 0.0635. The number of rotatable bonds is 3. The summed E-state index contributed by atoms with van der Waals surface area (Å²) < 4.78 is 1.90. The second-order valence-corrected chi connectivity index (χ2v) is 8.78. The van der Waals surface area contributed by atoms with Crippen LogP contribution in [0.5, 0.6) is 0 Å². The molecule has 7 heteroatoms. The number of fused-ring (bicyclic) bond motifs is 1. The summed E-state index contributed by atoms with van der Waals surface area (Å²) in [7, 11) is 0. The number of nitrogens with zero attached hydrogens (tertiary/aromatic N) is 4. The highest BCUT2D eigenvalue weighted by Gasteiger charge is 2.25. The van der Waals surface area contributed by atoms with Gasteiger partial charge < -0.3 is 10.2 Å². The van der Waals surface area contributed by atoms with Gasteiger partial charge in [-0.05, 0) is 45.9 Å². The Bertz CT molecular complexity index is 990. The lowest BCUT2D eigenvalue weighted by Gasteiger charge is -2.32. The number of aryl methyl sites for hydroxylation is 1. The Morgan fingerprint density at radius 2 is 2.19 bits per heavy atom. The summed E-state index contributed by atoms with van der Waals surface area (Å²) in [6.07, 6.45) is 1.78. The number of carbonyl (C=O) groups excluding carboxylic acids is 1. The molecule has 4 rings (SSSR count). The highest BCUT2D eigenvalue weighted by atomic mass is 32.1. The molecule has 1 fully saturated rings. The SMILES string of the molecule is Cc1ccc(-c2cc(C(=O)N3CCNC(C)C3)c3cnn(C(C)C)c3n2)s1.